The van der Waals surface area contributed by atoms with Gasteiger partial charge < -0.3 is 21.1 Å². The lowest BCUT2D eigenvalue weighted by atomic mass is 10.3. The molecular formula is C18H22ClN5O. The summed E-state index contributed by atoms with van der Waals surface area (Å²) in [6.45, 7) is 1.85. The van der Waals surface area contributed by atoms with Gasteiger partial charge in [0.25, 0.3) is 0 Å². The molecule has 2 aromatic carbocycles. The topological polar surface area (TPSA) is 89.2 Å². The number of ether oxygens (including phenoxy) is 1. The van der Waals surface area contributed by atoms with Gasteiger partial charge in [-0.2, -0.15) is 4.99 Å². The van der Waals surface area contributed by atoms with Gasteiger partial charge in [0.2, 0.25) is 5.96 Å². The number of guanidine groups is 2. The first-order chi connectivity index (χ1) is 11.7. The third kappa shape index (κ3) is 5.39. The van der Waals surface area contributed by atoms with Crippen LogP contribution in [-0.4, -0.2) is 29.9 Å². The molecule has 0 aliphatic carbocycles. The van der Waals surface area contributed by atoms with Gasteiger partial charge in [0.1, 0.15) is 11.5 Å². The Balaban J connectivity index is 0.00000225. The van der Waals surface area contributed by atoms with Crippen LogP contribution in [0.2, 0.25) is 0 Å². The number of rotatable bonds is 3. The van der Waals surface area contributed by atoms with E-state index in [1.807, 2.05) is 59.5 Å². The molecule has 1 saturated heterocycles. The molecule has 0 saturated carbocycles. The largest absolute Gasteiger partial charge is 0.457 e. The number of aliphatic imine (C=N–C) groups is 2. The molecule has 25 heavy (non-hydrogen) atoms. The number of nitrogens with zero attached hydrogens (tertiary/aromatic N) is 3. The van der Waals surface area contributed by atoms with Crippen LogP contribution in [0.1, 0.15) is 12.8 Å². The molecule has 0 bridgehead atoms. The van der Waals surface area contributed by atoms with Gasteiger partial charge in [-0.15, -0.1) is 12.4 Å². The van der Waals surface area contributed by atoms with Crippen LogP contribution in [0.4, 0.5) is 5.69 Å². The van der Waals surface area contributed by atoms with Gasteiger partial charge in [-0.3, -0.25) is 0 Å². The Morgan fingerprint density at radius 1 is 0.880 bits per heavy atom. The molecule has 2 aromatic rings. The van der Waals surface area contributed by atoms with E-state index >= 15 is 0 Å². The molecule has 0 aromatic heterocycles. The number of hydrogen-bond donors (Lipinski definition) is 2. The SMILES string of the molecule is Cl.NC(=Nc1ccc(Oc2ccccc2)cc1)N=C(N)N1CCCC1. The van der Waals surface area contributed by atoms with Crippen molar-refractivity contribution >= 4 is 30.0 Å². The molecule has 132 valence electrons. The lowest BCUT2D eigenvalue weighted by molar-refractivity contribution is 0.483. The van der Waals surface area contributed by atoms with Crippen molar-refractivity contribution in [3.05, 3.63) is 54.6 Å². The maximum Gasteiger partial charge on any atom is 0.223 e. The summed E-state index contributed by atoms with van der Waals surface area (Å²) in [6, 6.07) is 16.9. The molecule has 1 fully saturated rings. The minimum Gasteiger partial charge on any atom is -0.457 e. The molecule has 1 heterocycles. The van der Waals surface area contributed by atoms with Gasteiger partial charge in [-0.05, 0) is 49.2 Å². The molecular weight excluding hydrogens is 338 g/mol. The summed E-state index contributed by atoms with van der Waals surface area (Å²) in [5, 5.41) is 0. The molecule has 6 nitrogen and oxygen atoms in total. The lowest BCUT2D eigenvalue weighted by Crippen LogP contribution is -2.36. The molecule has 1 aliphatic heterocycles. The van der Waals surface area contributed by atoms with Crippen LogP contribution in [-0.2, 0) is 0 Å². The third-order valence-electron chi connectivity index (χ3n) is 3.72. The van der Waals surface area contributed by atoms with E-state index in [9.17, 15) is 0 Å². The standard InChI is InChI=1S/C18H21N5O.ClH/c19-17(22-18(20)23-12-4-5-13-23)21-14-8-10-16(11-9-14)24-15-6-2-1-3-7-15;/h1-3,6-11H,4-5,12-13H2,(H4,19,20,21,22);1H. The molecule has 0 radical (unpaired) electrons. The van der Waals surface area contributed by atoms with E-state index < -0.39 is 0 Å². The van der Waals surface area contributed by atoms with Gasteiger partial charge in [-0.25, -0.2) is 4.99 Å². The number of para-hydroxylation sites is 1. The van der Waals surface area contributed by atoms with Crippen molar-refractivity contribution in [1.29, 1.82) is 0 Å². The van der Waals surface area contributed by atoms with E-state index in [0.717, 1.165) is 37.4 Å². The predicted molar refractivity (Wildman–Crippen MR) is 104 cm³/mol. The molecule has 7 heteroatoms. The highest BCUT2D eigenvalue weighted by atomic mass is 35.5. The van der Waals surface area contributed by atoms with Crippen molar-refractivity contribution < 1.29 is 4.74 Å². The van der Waals surface area contributed by atoms with Crippen molar-refractivity contribution in [2.45, 2.75) is 12.8 Å². The molecule has 3 rings (SSSR count). The maximum absolute atomic E-state index is 5.94. The average Bonchev–Trinajstić information content (AvgIpc) is 3.12. The van der Waals surface area contributed by atoms with E-state index in [-0.39, 0.29) is 18.4 Å². The first kappa shape index (κ1) is 18.6. The van der Waals surface area contributed by atoms with Crippen LogP contribution in [0.3, 0.4) is 0 Å². The first-order valence-electron chi connectivity index (χ1n) is 7.97. The minimum atomic E-state index is 0. The Labute approximate surface area is 153 Å². The number of halogens is 1. The van der Waals surface area contributed by atoms with Gasteiger partial charge >= 0.3 is 0 Å². The second-order valence-electron chi connectivity index (χ2n) is 5.54. The second kappa shape index (κ2) is 8.94. The smallest absolute Gasteiger partial charge is 0.223 e. The Morgan fingerprint density at radius 2 is 1.48 bits per heavy atom. The predicted octanol–water partition coefficient (Wildman–Crippen LogP) is 3.26. The molecule has 1 aliphatic rings. The highest BCUT2D eigenvalue weighted by Crippen LogP contribution is 2.23. The van der Waals surface area contributed by atoms with E-state index in [2.05, 4.69) is 9.98 Å². The monoisotopic (exact) mass is 359 g/mol. The van der Waals surface area contributed by atoms with Gasteiger partial charge in [-0.1, -0.05) is 18.2 Å². The van der Waals surface area contributed by atoms with Crippen molar-refractivity contribution in [1.82, 2.24) is 4.90 Å². The van der Waals surface area contributed by atoms with Crippen LogP contribution in [0, 0.1) is 0 Å². The van der Waals surface area contributed by atoms with Gasteiger partial charge in [0, 0.05) is 13.1 Å². The summed E-state index contributed by atoms with van der Waals surface area (Å²) >= 11 is 0. The second-order valence-corrected chi connectivity index (χ2v) is 5.54. The molecule has 0 spiro atoms. The summed E-state index contributed by atoms with van der Waals surface area (Å²) < 4.78 is 5.74. The summed E-state index contributed by atoms with van der Waals surface area (Å²) in [7, 11) is 0. The maximum atomic E-state index is 5.94. The van der Waals surface area contributed by atoms with Crippen LogP contribution in [0.5, 0.6) is 11.5 Å². The van der Waals surface area contributed by atoms with Crippen molar-refractivity contribution in [3.63, 3.8) is 0 Å². The quantitative estimate of drug-likeness (QED) is 0.650. The fourth-order valence-electron chi connectivity index (χ4n) is 2.50. The first-order valence-corrected chi connectivity index (χ1v) is 7.97. The number of hydrogen-bond acceptors (Lipinski definition) is 2. The molecule has 0 atom stereocenters. The Hall–Kier alpha value is -2.73. The fraction of sp³-hybridized carbons (Fsp3) is 0.222. The van der Waals surface area contributed by atoms with E-state index in [0.29, 0.717) is 11.6 Å². The third-order valence-corrected chi connectivity index (χ3v) is 3.72. The van der Waals surface area contributed by atoms with E-state index in [1.54, 1.807) is 0 Å². The molecule has 0 amide bonds. The summed E-state index contributed by atoms with van der Waals surface area (Å²) in [6.07, 6.45) is 2.27. The van der Waals surface area contributed by atoms with Crippen LogP contribution in [0.25, 0.3) is 0 Å². The van der Waals surface area contributed by atoms with Crippen LogP contribution >= 0.6 is 12.4 Å². The molecule has 4 N–H and O–H groups in total. The highest BCUT2D eigenvalue weighted by Gasteiger charge is 2.13. The normalized spacial score (nSPS) is 15.0. The van der Waals surface area contributed by atoms with Crippen molar-refractivity contribution in [2.24, 2.45) is 21.5 Å². The van der Waals surface area contributed by atoms with Crippen molar-refractivity contribution in [3.8, 4) is 11.5 Å². The lowest BCUT2D eigenvalue weighted by Gasteiger charge is -2.15. The minimum absolute atomic E-state index is 0. The highest BCUT2D eigenvalue weighted by molar-refractivity contribution is 5.94. The Bertz CT molecular complexity index is 725. The number of benzene rings is 2. The summed E-state index contributed by atoms with van der Waals surface area (Å²) in [5.74, 6) is 2.10. The number of nitrogens with two attached hydrogens (primary N) is 2. The van der Waals surface area contributed by atoms with Crippen LogP contribution in [0.15, 0.2) is 64.6 Å². The summed E-state index contributed by atoms with van der Waals surface area (Å²) in [4.78, 5) is 10.4. The zero-order valence-corrected chi connectivity index (χ0v) is 14.7. The fourth-order valence-corrected chi connectivity index (χ4v) is 2.50. The van der Waals surface area contributed by atoms with E-state index in [4.69, 9.17) is 16.2 Å². The van der Waals surface area contributed by atoms with Gasteiger partial charge in [0.05, 0.1) is 5.69 Å². The zero-order valence-electron chi connectivity index (χ0n) is 13.8. The average molecular weight is 360 g/mol. The molecule has 0 unspecified atom stereocenters. The summed E-state index contributed by atoms with van der Waals surface area (Å²) in [5.41, 5.74) is 12.5. The Morgan fingerprint density at radius 3 is 2.12 bits per heavy atom. The van der Waals surface area contributed by atoms with Gasteiger partial charge in [0.15, 0.2) is 5.96 Å². The zero-order chi connectivity index (χ0) is 16.8. The van der Waals surface area contributed by atoms with Crippen molar-refractivity contribution in [2.75, 3.05) is 13.1 Å². The van der Waals surface area contributed by atoms with E-state index in [1.165, 1.54) is 0 Å². The van der Waals surface area contributed by atoms with Crippen LogP contribution < -0.4 is 16.2 Å². The Kier molecular flexibility index (Phi) is 6.65. The number of likely N-dealkylation sites (tertiary alicyclic amines) is 1.